The molecule has 21 heavy (non-hydrogen) atoms. The standard InChI is InChI=1S/C15H30N2O3S/c1-12(2)10-13(14(18)19)11-17-15(20)16-8-6-4-5-7-9-21-3/h12-13H,4-11H2,1-3H3,(H,18,19)(H2,16,17,20). The van der Waals surface area contributed by atoms with E-state index >= 15 is 0 Å². The first-order chi connectivity index (χ1) is 9.97. The Labute approximate surface area is 132 Å². The molecule has 0 saturated carbocycles. The van der Waals surface area contributed by atoms with Gasteiger partial charge in [-0.25, -0.2) is 4.79 Å². The molecule has 124 valence electrons. The number of urea groups is 1. The molecule has 3 N–H and O–H groups in total. The zero-order valence-corrected chi connectivity index (χ0v) is 14.3. The Hall–Kier alpha value is -0.910. The maximum Gasteiger partial charge on any atom is 0.314 e. The zero-order chi connectivity index (χ0) is 16.1. The van der Waals surface area contributed by atoms with Crippen LogP contribution in [-0.2, 0) is 4.79 Å². The molecule has 0 aromatic rings. The van der Waals surface area contributed by atoms with Gasteiger partial charge >= 0.3 is 12.0 Å². The van der Waals surface area contributed by atoms with Gasteiger partial charge in [0.15, 0.2) is 0 Å². The van der Waals surface area contributed by atoms with E-state index in [4.69, 9.17) is 5.11 Å². The highest BCUT2D eigenvalue weighted by Crippen LogP contribution is 2.11. The molecule has 0 rings (SSSR count). The average Bonchev–Trinajstić information content (AvgIpc) is 2.41. The maximum absolute atomic E-state index is 11.6. The highest BCUT2D eigenvalue weighted by Gasteiger charge is 2.19. The normalized spacial score (nSPS) is 12.2. The molecule has 0 saturated heterocycles. The van der Waals surface area contributed by atoms with Crippen LogP contribution in [0, 0.1) is 11.8 Å². The van der Waals surface area contributed by atoms with Crippen LogP contribution in [0.3, 0.4) is 0 Å². The predicted molar refractivity (Wildman–Crippen MR) is 88.8 cm³/mol. The Morgan fingerprint density at radius 2 is 1.76 bits per heavy atom. The smallest absolute Gasteiger partial charge is 0.314 e. The van der Waals surface area contributed by atoms with Gasteiger partial charge < -0.3 is 15.7 Å². The molecule has 0 heterocycles. The molecule has 6 heteroatoms. The van der Waals surface area contributed by atoms with Crippen molar-refractivity contribution in [2.45, 2.75) is 46.0 Å². The van der Waals surface area contributed by atoms with Crippen molar-refractivity contribution in [1.82, 2.24) is 10.6 Å². The summed E-state index contributed by atoms with van der Waals surface area (Å²) in [5, 5.41) is 14.5. The molecule has 1 unspecified atom stereocenters. The number of carboxylic acid groups (broad SMARTS) is 1. The Bertz CT molecular complexity index is 299. The van der Waals surface area contributed by atoms with E-state index < -0.39 is 11.9 Å². The zero-order valence-electron chi connectivity index (χ0n) is 13.5. The summed E-state index contributed by atoms with van der Waals surface area (Å²) in [6.07, 6.45) is 7.19. The second kappa shape index (κ2) is 12.8. The van der Waals surface area contributed by atoms with Crippen LogP contribution in [-0.4, -0.2) is 42.2 Å². The van der Waals surface area contributed by atoms with E-state index in [0.29, 0.717) is 18.9 Å². The summed E-state index contributed by atoms with van der Waals surface area (Å²) in [6, 6.07) is -0.269. The number of carbonyl (C=O) groups excluding carboxylic acids is 1. The summed E-state index contributed by atoms with van der Waals surface area (Å²) >= 11 is 1.86. The highest BCUT2D eigenvalue weighted by atomic mass is 32.2. The van der Waals surface area contributed by atoms with E-state index in [0.717, 1.165) is 12.8 Å². The molecule has 0 radical (unpaired) electrons. The van der Waals surface area contributed by atoms with Crippen molar-refractivity contribution in [3.8, 4) is 0 Å². The number of thioether (sulfide) groups is 1. The Morgan fingerprint density at radius 3 is 2.33 bits per heavy atom. The van der Waals surface area contributed by atoms with Crippen LogP contribution >= 0.6 is 11.8 Å². The minimum absolute atomic E-state index is 0.188. The van der Waals surface area contributed by atoms with Crippen LogP contribution in [0.15, 0.2) is 0 Å². The van der Waals surface area contributed by atoms with E-state index in [9.17, 15) is 9.59 Å². The topological polar surface area (TPSA) is 78.4 Å². The number of hydrogen-bond donors (Lipinski definition) is 3. The fourth-order valence-corrected chi connectivity index (χ4v) is 2.54. The first kappa shape index (κ1) is 20.1. The van der Waals surface area contributed by atoms with Gasteiger partial charge in [-0.15, -0.1) is 0 Å². The number of amides is 2. The minimum atomic E-state index is -0.849. The molecule has 0 aliphatic carbocycles. The lowest BCUT2D eigenvalue weighted by Gasteiger charge is -2.15. The lowest BCUT2D eigenvalue weighted by Crippen LogP contribution is -2.40. The van der Waals surface area contributed by atoms with Gasteiger partial charge in [-0.1, -0.05) is 26.7 Å². The lowest BCUT2D eigenvalue weighted by molar-refractivity contribution is -0.142. The molecular formula is C15H30N2O3S. The first-order valence-electron chi connectivity index (χ1n) is 7.70. The molecule has 0 aromatic heterocycles. The Morgan fingerprint density at radius 1 is 1.10 bits per heavy atom. The maximum atomic E-state index is 11.6. The van der Waals surface area contributed by atoms with E-state index in [1.165, 1.54) is 18.6 Å². The van der Waals surface area contributed by atoms with Crippen molar-refractivity contribution in [1.29, 1.82) is 0 Å². The highest BCUT2D eigenvalue weighted by molar-refractivity contribution is 7.98. The SMILES string of the molecule is CSCCCCCCNC(=O)NCC(CC(C)C)C(=O)O. The van der Waals surface area contributed by atoms with E-state index in [1.807, 2.05) is 25.6 Å². The van der Waals surface area contributed by atoms with Gasteiger partial charge in [-0.05, 0) is 37.2 Å². The molecule has 2 amide bonds. The third kappa shape index (κ3) is 12.5. The lowest BCUT2D eigenvalue weighted by atomic mass is 9.97. The summed E-state index contributed by atoms with van der Waals surface area (Å²) in [5.41, 5.74) is 0. The molecule has 0 spiro atoms. The van der Waals surface area contributed by atoms with Crippen LogP contribution in [0.5, 0.6) is 0 Å². The van der Waals surface area contributed by atoms with Crippen LogP contribution in [0.25, 0.3) is 0 Å². The molecule has 0 bridgehead atoms. The van der Waals surface area contributed by atoms with Crippen molar-refractivity contribution < 1.29 is 14.7 Å². The second-order valence-corrected chi connectivity index (χ2v) is 6.69. The van der Waals surface area contributed by atoms with Gasteiger partial charge in [0, 0.05) is 13.1 Å². The number of unbranched alkanes of at least 4 members (excludes halogenated alkanes) is 3. The van der Waals surface area contributed by atoms with Crippen molar-refractivity contribution in [3.05, 3.63) is 0 Å². The molecule has 0 aromatic carbocycles. The van der Waals surface area contributed by atoms with Crippen molar-refractivity contribution >= 4 is 23.8 Å². The number of nitrogens with one attached hydrogen (secondary N) is 2. The molecule has 0 aliphatic rings. The average molecular weight is 318 g/mol. The summed E-state index contributed by atoms with van der Waals surface area (Å²) in [6.45, 7) is 4.79. The molecular weight excluding hydrogens is 288 g/mol. The third-order valence-corrected chi connectivity index (χ3v) is 3.87. The van der Waals surface area contributed by atoms with E-state index in [2.05, 4.69) is 16.9 Å². The van der Waals surface area contributed by atoms with Crippen LogP contribution in [0.1, 0.15) is 46.0 Å². The van der Waals surface area contributed by atoms with Crippen molar-refractivity contribution in [3.63, 3.8) is 0 Å². The number of carboxylic acids is 1. The summed E-state index contributed by atoms with van der Waals surface area (Å²) in [4.78, 5) is 22.6. The van der Waals surface area contributed by atoms with Gasteiger partial charge in [-0.2, -0.15) is 11.8 Å². The first-order valence-corrected chi connectivity index (χ1v) is 9.10. The number of carbonyl (C=O) groups is 2. The summed E-state index contributed by atoms with van der Waals surface area (Å²) in [7, 11) is 0. The molecule has 1 atom stereocenters. The van der Waals surface area contributed by atoms with Crippen molar-refractivity contribution in [2.24, 2.45) is 11.8 Å². The van der Waals surface area contributed by atoms with Crippen molar-refractivity contribution in [2.75, 3.05) is 25.1 Å². The second-order valence-electron chi connectivity index (χ2n) is 5.71. The van der Waals surface area contributed by atoms with Gasteiger partial charge in [0.25, 0.3) is 0 Å². The minimum Gasteiger partial charge on any atom is -0.481 e. The summed E-state index contributed by atoms with van der Waals surface area (Å²) < 4.78 is 0. The van der Waals surface area contributed by atoms with E-state index in [-0.39, 0.29) is 12.6 Å². The Kier molecular flexibility index (Phi) is 12.2. The fraction of sp³-hybridized carbons (Fsp3) is 0.867. The van der Waals surface area contributed by atoms with Crippen LogP contribution < -0.4 is 10.6 Å². The third-order valence-electron chi connectivity index (χ3n) is 3.17. The number of aliphatic carboxylic acids is 1. The van der Waals surface area contributed by atoms with Gasteiger partial charge in [0.1, 0.15) is 0 Å². The number of hydrogen-bond acceptors (Lipinski definition) is 3. The summed E-state index contributed by atoms with van der Waals surface area (Å²) in [5.74, 6) is 0.137. The molecule has 0 fully saturated rings. The monoisotopic (exact) mass is 318 g/mol. The van der Waals surface area contributed by atoms with E-state index in [1.54, 1.807) is 0 Å². The number of rotatable bonds is 12. The fourth-order valence-electron chi connectivity index (χ4n) is 2.05. The molecule has 0 aliphatic heterocycles. The van der Waals surface area contributed by atoms with Crippen LogP contribution in [0.4, 0.5) is 4.79 Å². The van der Waals surface area contributed by atoms with Crippen LogP contribution in [0.2, 0.25) is 0 Å². The molecule has 5 nitrogen and oxygen atoms in total. The Balaban J connectivity index is 3.66. The predicted octanol–water partition coefficient (Wildman–Crippen LogP) is 2.96. The van der Waals surface area contributed by atoms with Gasteiger partial charge in [-0.3, -0.25) is 4.79 Å². The quantitative estimate of drug-likeness (QED) is 0.483. The largest absolute Gasteiger partial charge is 0.481 e. The van der Waals surface area contributed by atoms with Gasteiger partial charge in [0.05, 0.1) is 5.92 Å². The van der Waals surface area contributed by atoms with Gasteiger partial charge in [0.2, 0.25) is 0 Å².